The van der Waals surface area contributed by atoms with E-state index in [0.717, 1.165) is 164 Å². The number of piperazine rings is 2. The summed E-state index contributed by atoms with van der Waals surface area (Å²) in [6.07, 6.45) is 13.4. The van der Waals surface area contributed by atoms with Crippen LogP contribution < -0.4 is 25.8 Å². The van der Waals surface area contributed by atoms with E-state index in [1.54, 1.807) is 48.8 Å². The number of nitrogens with two attached hydrogens (primary N) is 1. The molecule has 8 aromatic rings. The molecule has 2 aliphatic carbocycles. The number of likely N-dealkylation sites (N-methyl/N-ethyl adjacent to an activating group) is 2. The summed E-state index contributed by atoms with van der Waals surface area (Å²) in [7, 11) is 8.06. The van der Waals surface area contributed by atoms with Crippen LogP contribution in [0.4, 0.5) is 8.78 Å². The third-order valence-corrected chi connectivity index (χ3v) is 18.8. The van der Waals surface area contributed by atoms with Gasteiger partial charge in [0.15, 0.2) is 23.1 Å². The second-order valence-electron chi connectivity index (χ2n) is 24.6. The van der Waals surface area contributed by atoms with Crippen molar-refractivity contribution in [2.24, 2.45) is 17.6 Å². The molecule has 0 bridgehead atoms. The average molecular weight is 1390 g/mol. The van der Waals surface area contributed by atoms with Crippen LogP contribution in [0.3, 0.4) is 0 Å². The van der Waals surface area contributed by atoms with Gasteiger partial charge in [-0.25, -0.2) is 8.78 Å². The highest BCUT2D eigenvalue weighted by Gasteiger charge is 2.27. The monoisotopic (exact) mass is 1390 g/mol. The molecular formula is C72H92Cl2F2N12O6S2. The number of hydrogen-bond acceptors (Lipinski definition) is 19. The van der Waals surface area contributed by atoms with E-state index in [-0.39, 0.29) is 62.5 Å². The number of benzene rings is 2. The van der Waals surface area contributed by atoms with Crippen molar-refractivity contribution in [2.45, 2.75) is 79.3 Å². The molecule has 2 saturated carbocycles. The first-order valence-electron chi connectivity index (χ1n) is 32.0. The number of amides is 1. The number of hydrogen-bond donors (Lipinski definition) is 3. The molecule has 2 saturated heterocycles. The van der Waals surface area contributed by atoms with Gasteiger partial charge in [-0.05, 0) is 148 Å². The Kier molecular flexibility index (Phi) is 30.6. The molecule has 1 amide bonds. The van der Waals surface area contributed by atoms with Gasteiger partial charge in [0.25, 0.3) is 0 Å². The molecule has 516 valence electrons. The SMILES string of the molecule is C.C.CN(C)CCN.CN(C)CCNCC(=O)N1CCN(Cc2ccc(-c3cc4nccc(Oc5ccc(CC(=O)CC6CC6)cc5F)c4s3)nc2)CC1.O=C(Cc1ccc(Oc2ccnc3cc(-c4ccc(CN5CCNCC5)cn4)sc23)c(F)c1)CC1CC1.O=C(Cl)CCl. The van der Waals surface area contributed by atoms with E-state index in [1.165, 1.54) is 40.4 Å². The number of halogens is 4. The lowest BCUT2D eigenvalue weighted by Crippen LogP contribution is -2.50. The zero-order valence-electron chi connectivity index (χ0n) is 53.9. The van der Waals surface area contributed by atoms with E-state index in [0.29, 0.717) is 53.8 Å². The summed E-state index contributed by atoms with van der Waals surface area (Å²) in [6.45, 7) is 12.8. The molecule has 0 spiro atoms. The number of nitrogens with zero attached hydrogens (tertiary/aromatic N) is 9. The second kappa shape index (κ2) is 38.4. The van der Waals surface area contributed by atoms with Crippen molar-refractivity contribution in [1.29, 1.82) is 0 Å². The van der Waals surface area contributed by atoms with E-state index in [4.69, 9.17) is 48.4 Å². The lowest BCUT2D eigenvalue weighted by Gasteiger charge is -2.34. The van der Waals surface area contributed by atoms with Crippen LogP contribution in [-0.2, 0) is 45.1 Å². The Hall–Kier alpha value is -6.80. The molecule has 24 heteroatoms. The molecule has 2 aromatic carbocycles. The standard InChI is InChI=1S/C35H41FN6O3S.C29H29FN4O2S.C4H12N2.C2H2Cl2O.2CH4/c1-40(2)12-11-37-22-34(44)42-15-13-41(14-16-42)23-26-5-7-29(39-21-26)33-20-30-35(46-33)32(9-10-38-30)45-31-8-6-25(19-28(31)36)18-27(43)17-24-3-4-24;30-23-15-20(14-22(35)13-19-1-2-19)4-6-26(23)36-27-7-8-32-25-16-28(37-29(25)27)24-5-3-21(17-33-24)18-34-11-9-31-10-12-34;1-6(2)4-3-5;3-1-2(4)5;;/h5-10,19-21,24,37H,3-4,11-18,22-23H2,1-2H3;3-8,15-17,19,31H,1-2,9-14,18H2;3-5H2,1-2H3;1H2;2*1H4. The summed E-state index contributed by atoms with van der Waals surface area (Å²) in [6, 6.07) is 25.3. The second-order valence-corrected chi connectivity index (χ2v) is 27.4. The summed E-state index contributed by atoms with van der Waals surface area (Å²) in [5.74, 6) is 1.81. The number of carbonyl (C=O) groups excluding carboxylic acids is 4. The average Bonchev–Trinajstić information content (AvgIpc) is 1.65. The smallest absolute Gasteiger partial charge is 0.236 e. The van der Waals surface area contributed by atoms with E-state index < -0.39 is 16.9 Å². The predicted octanol–water partition coefficient (Wildman–Crippen LogP) is 12.4. The number of carbonyl (C=O) groups is 4. The maximum atomic E-state index is 15.0. The molecular weight excluding hydrogens is 1300 g/mol. The number of fused-ring (bicyclic) bond motifs is 2. The molecule has 96 heavy (non-hydrogen) atoms. The van der Waals surface area contributed by atoms with Gasteiger partial charge < -0.3 is 40.5 Å². The summed E-state index contributed by atoms with van der Waals surface area (Å²) in [5.41, 5.74) is 12.1. The minimum absolute atomic E-state index is 0. The topological polar surface area (TPSA) is 205 Å². The summed E-state index contributed by atoms with van der Waals surface area (Å²) in [4.78, 5) is 77.6. The van der Waals surface area contributed by atoms with Crippen molar-refractivity contribution in [3.8, 4) is 44.1 Å². The lowest BCUT2D eigenvalue weighted by molar-refractivity contribution is -0.132. The highest BCUT2D eigenvalue weighted by Crippen LogP contribution is 2.42. The Morgan fingerprint density at radius 3 is 1.45 bits per heavy atom. The number of pyridine rings is 4. The third-order valence-electron chi connectivity index (χ3n) is 16.0. The van der Waals surface area contributed by atoms with Crippen molar-refractivity contribution in [3.63, 3.8) is 0 Å². The quantitative estimate of drug-likeness (QED) is 0.0262. The number of nitrogens with one attached hydrogen (secondary N) is 2. The molecule has 8 heterocycles. The molecule has 4 N–H and O–H groups in total. The van der Waals surface area contributed by atoms with Gasteiger partial charge in [0.2, 0.25) is 11.1 Å². The van der Waals surface area contributed by atoms with E-state index in [1.807, 2.05) is 69.7 Å². The molecule has 12 rings (SSSR count). The van der Waals surface area contributed by atoms with Gasteiger partial charge in [-0.3, -0.25) is 48.9 Å². The molecule has 4 aliphatic rings. The zero-order chi connectivity index (χ0) is 66.5. The van der Waals surface area contributed by atoms with Gasteiger partial charge in [-0.2, -0.15) is 0 Å². The summed E-state index contributed by atoms with van der Waals surface area (Å²) >= 11 is 12.6. The summed E-state index contributed by atoms with van der Waals surface area (Å²) < 4.78 is 43.5. The minimum atomic E-state index is -0.508. The highest BCUT2D eigenvalue weighted by atomic mass is 35.5. The first-order valence-corrected chi connectivity index (χ1v) is 34.5. The zero-order valence-corrected chi connectivity index (χ0v) is 57.0. The lowest BCUT2D eigenvalue weighted by atomic mass is 10.0. The molecule has 2 aliphatic heterocycles. The number of alkyl halides is 1. The van der Waals surface area contributed by atoms with Gasteiger partial charge >= 0.3 is 0 Å². The molecule has 4 fully saturated rings. The number of aromatic nitrogens is 4. The predicted molar refractivity (Wildman–Crippen MR) is 385 cm³/mol. The Morgan fingerprint density at radius 1 is 0.615 bits per heavy atom. The van der Waals surface area contributed by atoms with Crippen molar-refractivity contribution >= 4 is 89.0 Å². The van der Waals surface area contributed by atoms with E-state index >= 15 is 0 Å². The van der Waals surface area contributed by atoms with Crippen LogP contribution >= 0.6 is 45.9 Å². The Morgan fingerprint density at radius 2 is 1.06 bits per heavy atom. The molecule has 6 aromatic heterocycles. The fraction of sp³-hybridized carbons (Fsp3) is 0.444. The van der Waals surface area contributed by atoms with Crippen LogP contribution in [-0.4, -0.2) is 186 Å². The molecule has 0 atom stereocenters. The molecule has 0 unspecified atom stereocenters. The maximum absolute atomic E-state index is 15.0. The van der Waals surface area contributed by atoms with Crippen molar-refractivity contribution in [1.82, 2.24) is 55.1 Å². The van der Waals surface area contributed by atoms with Gasteiger partial charge in [0, 0.05) is 154 Å². The Labute approximate surface area is 581 Å². The van der Waals surface area contributed by atoms with Gasteiger partial charge in [-0.15, -0.1) is 34.3 Å². The van der Waals surface area contributed by atoms with E-state index in [2.05, 4.69) is 52.3 Å². The van der Waals surface area contributed by atoms with Crippen LogP contribution in [0, 0.1) is 23.5 Å². The van der Waals surface area contributed by atoms with Crippen LogP contribution in [0.1, 0.15) is 75.6 Å². The number of Topliss-reactive ketones (excluding diaryl/α,β-unsaturated/α-hetero) is 2. The van der Waals surface area contributed by atoms with Crippen LogP contribution in [0.25, 0.3) is 41.6 Å². The van der Waals surface area contributed by atoms with Crippen LogP contribution in [0.2, 0.25) is 0 Å². The number of rotatable bonds is 26. The third kappa shape index (κ3) is 24.3. The first kappa shape index (κ1) is 76.6. The first-order chi connectivity index (χ1) is 45.4. The highest BCUT2D eigenvalue weighted by molar-refractivity contribution is 7.23. The number of ketones is 2. The van der Waals surface area contributed by atoms with Gasteiger partial charge in [0.1, 0.15) is 23.1 Å². The normalized spacial score (nSPS) is 14.7. The van der Waals surface area contributed by atoms with Crippen molar-refractivity contribution < 1.29 is 37.4 Å². The largest absolute Gasteiger partial charge is 0.453 e. The van der Waals surface area contributed by atoms with Crippen LogP contribution in [0.5, 0.6) is 23.0 Å². The van der Waals surface area contributed by atoms with Crippen molar-refractivity contribution in [2.75, 3.05) is 119 Å². The fourth-order valence-electron chi connectivity index (χ4n) is 10.6. The Balaban J connectivity index is 0.000000234. The summed E-state index contributed by atoms with van der Waals surface area (Å²) in [5, 5.41) is 6.10. The fourth-order valence-corrected chi connectivity index (χ4v) is 12.7. The molecule has 18 nitrogen and oxygen atoms in total. The Bertz CT molecular complexity index is 3780. The van der Waals surface area contributed by atoms with Crippen molar-refractivity contribution in [3.05, 3.63) is 144 Å². The number of ether oxygens (including phenoxy) is 2. The number of thiophene rings is 2. The van der Waals surface area contributed by atoms with Crippen LogP contribution in [0.15, 0.2) is 110 Å². The maximum Gasteiger partial charge on any atom is 0.236 e. The van der Waals surface area contributed by atoms with Gasteiger partial charge in [0.05, 0.1) is 54.0 Å². The minimum Gasteiger partial charge on any atom is -0.453 e. The van der Waals surface area contributed by atoms with E-state index in [9.17, 15) is 28.0 Å². The molecule has 0 radical (unpaired) electrons. The van der Waals surface area contributed by atoms with Gasteiger partial charge in [-0.1, -0.05) is 39.1 Å².